The van der Waals surface area contributed by atoms with Gasteiger partial charge in [0.05, 0.1) is 6.61 Å². The lowest BCUT2D eigenvalue weighted by Crippen LogP contribution is -2.41. The van der Waals surface area contributed by atoms with Crippen LogP contribution in [0.1, 0.15) is 29.3 Å². The van der Waals surface area contributed by atoms with E-state index in [2.05, 4.69) is 25.7 Å². The Morgan fingerprint density at radius 3 is 2.48 bits per heavy atom. The first-order valence-electron chi connectivity index (χ1n) is 10.0. The highest BCUT2D eigenvalue weighted by Gasteiger charge is 2.12. The zero-order valence-electron chi connectivity index (χ0n) is 17.7. The Morgan fingerprint density at radius 2 is 1.81 bits per heavy atom. The second kappa shape index (κ2) is 13.0. The molecule has 0 fully saturated rings. The summed E-state index contributed by atoms with van der Waals surface area (Å²) < 4.78 is 35.7. The van der Waals surface area contributed by atoms with Crippen LogP contribution in [0.2, 0.25) is 0 Å². The number of guanidine groups is 1. The minimum absolute atomic E-state index is 0.0432. The van der Waals surface area contributed by atoms with E-state index in [1.54, 1.807) is 43.4 Å². The number of halogens is 2. The predicted octanol–water partition coefficient (Wildman–Crippen LogP) is 3.17. The molecule has 0 heterocycles. The van der Waals surface area contributed by atoms with Gasteiger partial charge in [0.2, 0.25) is 0 Å². The summed E-state index contributed by atoms with van der Waals surface area (Å²) in [5.41, 5.74) is 1.12. The third-order valence-corrected chi connectivity index (χ3v) is 4.14. The van der Waals surface area contributed by atoms with Gasteiger partial charge in [-0.25, -0.2) is 0 Å². The topological polar surface area (TPSA) is 84.0 Å². The molecular formula is C22H28F2N4O3. The summed E-state index contributed by atoms with van der Waals surface area (Å²) in [6, 6.07) is 13.7. The minimum atomic E-state index is -2.94. The van der Waals surface area contributed by atoms with Gasteiger partial charge in [-0.2, -0.15) is 8.78 Å². The van der Waals surface area contributed by atoms with Gasteiger partial charge in [0, 0.05) is 43.9 Å². The molecule has 2 aromatic rings. The highest BCUT2D eigenvalue weighted by Crippen LogP contribution is 2.26. The highest BCUT2D eigenvalue weighted by molar-refractivity contribution is 5.94. The van der Waals surface area contributed by atoms with Gasteiger partial charge in [-0.1, -0.05) is 25.1 Å². The number of amides is 1. The van der Waals surface area contributed by atoms with Crippen molar-refractivity contribution in [2.75, 3.05) is 26.7 Å². The van der Waals surface area contributed by atoms with Crippen LogP contribution in [0.3, 0.4) is 0 Å². The Balaban J connectivity index is 1.84. The molecule has 0 spiro atoms. The van der Waals surface area contributed by atoms with E-state index in [0.29, 0.717) is 42.5 Å². The molecule has 9 heteroatoms. The molecule has 0 aliphatic rings. The molecule has 3 N–H and O–H groups in total. The van der Waals surface area contributed by atoms with Gasteiger partial charge in [0.1, 0.15) is 11.5 Å². The third kappa shape index (κ3) is 8.49. The van der Waals surface area contributed by atoms with Crippen molar-refractivity contribution < 1.29 is 23.0 Å². The van der Waals surface area contributed by atoms with Crippen LogP contribution in [0.15, 0.2) is 53.5 Å². The van der Waals surface area contributed by atoms with Crippen LogP contribution in [-0.4, -0.2) is 45.2 Å². The Hall–Kier alpha value is -3.36. The molecule has 0 aliphatic heterocycles. The molecule has 0 saturated heterocycles. The van der Waals surface area contributed by atoms with Gasteiger partial charge in [0.15, 0.2) is 5.96 Å². The average molecular weight is 434 g/mol. The fourth-order valence-corrected chi connectivity index (χ4v) is 2.64. The van der Waals surface area contributed by atoms with Crippen LogP contribution in [0.5, 0.6) is 11.5 Å². The lowest BCUT2D eigenvalue weighted by atomic mass is 10.2. The van der Waals surface area contributed by atoms with Gasteiger partial charge < -0.3 is 25.4 Å². The van der Waals surface area contributed by atoms with Crippen molar-refractivity contribution in [2.45, 2.75) is 26.5 Å². The van der Waals surface area contributed by atoms with Crippen molar-refractivity contribution in [3.05, 3.63) is 59.7 Å². The second-order valence-electron chi connectivity index (χ2n) is 6.47. The lowest BCUT2D eigenvalue weighted by molar-refractivity contribution is -0.0505. The molecule has 0 bridgehead atoms. The monoisotopic (exact) mass is 434 g/mol. The third-order valence-electron chi connectivity index (χ3n) is 4.14. The van der Waals surface area contributed by atoms with Gasteiger partial charge in [-0.3, -0.25) is 9.79 Å². The average Bonchev–Trinajstić information content (AvgIpc) is 2.78. The number of benzene rings is 2. The maximum Gasteiger partial charge on any atom is 0.387 e. The molecule has 1 amide bonds. The van der Waals surface area contributed by atoms with Gasteiger partial charge in [-0.15, -0.1) is 0 Å². The Labute approximate surface area is 180 Å². The number of hydrogen-bond donors (Lipinski definition) is 3. The molecule has 0 aromatic heterocycles. The van der Waals surface area contributed by atoms with E-state index in [1.165, 1.54) is 6.07 Å². The van der Waals surface area contributed by atoms with Gasteiger partial charge >= 0.3 is 6.61 Å². The Bertz CT molecular complexity index is 848. The maximum atomic E-state index is 12.8. The summed E-state index contributed by atoms with van der Waals surface area (Å²) in [5.74, 6) is 0.812. The van der Waals surface area contributed by atoms with E-state index >= 15 is 0 Å². The van der Waals surface area contributed by atoms with Crippen LogP contribution in [0.4, 0.5) is 8.78 Å². The lowest BCUT2D eigenvalue weighted by Gasteiger charge is -2.16. The smallest absolute Gasteiger partial charge is 0.387 e. The summed E-state index contributed by atoms with van der Waals surface area (Å²) in [4.78, 5) is 16.1. The molecule has 0 saturated carbocycles. The van der Waals surface area contributed by atoms with Crippen molar-refractivity contribution in [1.82, 2.24) is 16.0 Å². The quantitative estimate of drug-likeness (QED) is 0.287. The minimum Gasteiger partial charge on any atom is -0.493 e. The van der Waals surface area contributed by atoms with Crippen LogP contribution in [0, 0.1) is 0 Å². The van der Waals surface area contributed by atoms with Crippen LogP contribution in [0.25, 0.3) is 0 Å². The summed E-state index contributed by atoms with van der Waals surface area (Å²) in [5, 5.41) is 8.90. The van der Waals surface area contributed by atoms with Crippen LogP contribution in [-0.2, 0) is 6.54 Å². The summed E-state index contributed by atoms with van der Waals surface area (Å²) >= 11 is 0. The number of alkyl halides is 2. The summed E-state index contributed by atoms with van der Waals surface area (Å²) in [7, 11) is 1.59. The van der Waals surface area contributed by atoms with E-state index in [1.807, 2.05) is 13.0 Å². The van der Waals surface area contributed by atoms with E-state index in [0.717, 1.165) is 6.42 Å². The van der Waals surface area contributed by atoms with E-state index in [-0.39, 0.29) is 18.2 Å². The van der Waals surface area contributed by atoms with E-state index in [9.17, 15) is 13.6 Å². The number of nitrogens with one attached hydrogen (secondary N) is 3. The SMILES string of the molecule is CCCOc1ccc(CNC(=NC)NCCNC(=O)c2ccccc2)c(OC(F)F)c1. The number of nitrogens with zero attached hydrogens (tertiary/aromatic N) is 1. The second-order valence-corrected chi connectivity index (χ2v) is 6.47. The first-order chi connectivity index (χ1) is 15.0. The number of aliphatic imine (C=N–C) groups is 1. The number of carbonyl (C=O) groups is 1. The molecule has 31 heavy (non-hydrogen) atoms. The van der Waals surface area contributed by atoms with Crippen molar-refractivity contribution in [3.8, 4) is 11.5 Å². The summed E-state index contributed by atoms with van der Waals surface area (Å²) in [6.07, 6.45) is 0.808. The maximum absolute atomic E-state index is 12.8. The molecular weight excluding hydrogens is 406 g/mol. The first-order valence-corrected chi connectivity index (χ1v) is 10.0. The van der Waals surface area contributed by atoms with Crippen molar-refractivity contribution in [3.63, 3.8) is 0 Å². The predicted molar refractivity (Wildman–Crippen MR) is 116 cm³/mol. The number of rotatable bonds is 11. The number of ether oxygens (including phenoxy) is 2. The number of carbonyl (C=O) groups excluding carboxylic acids is 1. The molecule has 7 nitrogen and oxygen atoms in total. The molecule has 168 valence electrons. The van der Waals surface area contributed by atoms with Crippen LogP contribution >= 0.6 is 0 Å². The van der Waals surface area contributed by atoms with Crippen molar-refractivity contribution in [2.24, 2.45) is 4.99 Å². The van der Waals surface area contributed by atoms with E-state index < -0.39 is 6.61 Å². The van der Waals surface area contributed by atoms with Crippen molar-refractivity contribution >= 4 is 11.9 Å². The molecule has 0 radical (unpaired) electrons. The van der Waals surface area contributed by atoms with Gasteiger partial charge in [0.25, 0.3) is 5.91 Å². The normalized spacial score (nSPS) is 11.2. The fraction of sp³-hybridized carbons (Fsp3) is 0.364. The largest absolute Gasteiger partial charge is 0.493 e. The van der Waals surface area contributed by atoms with Crippen molar-refractivity contribution in [1.29, 1.82) is 0 Å². The molecule has 0 aliphatic carbocycles. The molecule has 2 rings (SSSR count). The Kier molecular flexibility index (Phi) is 10.1. The zero-order chi connectivity index (χ0) is 22.5. The van der Waals surface area contributed by atoms with Gasteiger partial charge in [-0.05, 0) is 30.7 Å². The molecule has 2 aromatic carbocycles. The number of hydrogen-bond acceptors (Lipinski definition) is 4. The Morgan fingerprint density at radius 1 is 1.06 bits per heavy atom. The standard InChI is InChI=1S/C22H28F2N4O3/c1-3-13-30-18-10-9-17(19(14-18)31-21(23)24)15-28-22(25-2)27-12-11-26-20(29)16-7-5-4-6-8-16/h4-10,14,21H,3,11-13,15H2,1-2H3,(H,26,29)(H2,25,27,28). The summed E-state index contributed by atoms with van der Waals surface area (Å²) in [6.45, 7) is 0.543. The first kappa shape index (κ1) is 23.9. The van der Waals surface area contributed by atoms with E-state index in [4.69, 9.17) is 4.74 Å². The zero-order valence-corrected chi connectivity index (χ0v) is 17.7. The highest BCUT2D eigenvalue weighted by atomic mass is 19.3. The fourth-order valence-electron chi connectivity index (χ4n) is 2.64. The molecule has 0 atom stereocenters. The molecule has 0 unspecified atom stereocenters. The van der Waals surface area contributed by atoms with Crippen LogP contribution < -0.4 is 25.4 Å².